The maximum atomic E-state index is 8.89. The van der Waals surface area contributed by atoms with Gasteiger partial charge in [0, 0.05) is 12.7 Å². The van der Waals surface area contributed by atoms with Gasteiger partial charge in [-0.2, -0.15) is 5.10 Å². The molecule has 2 atom stereocenters. The van der Waals surface area contributed by atoms with Crippen molar-refractivity contribution in [3.05, 3.63) is 24.7 Å². The average Bonchev–Trinajstić information content (AvgIpc) is 2.84. The average molecular weight is 251 g/mol. The van der Waals surface area contributed by atoms with E-state index in [0.29, 0.717) is 18.8 Å². The monoisotopic (exact) mass is 251 g/mol. The molecule has 1 fully saturated rings. The van der Waals surface area contributed by atoms with Crippen LogP contribution in [0.4, 0.5) is 5.82 Å². The van der Waals surface area contributed by atoms with E-state index < -0.39 is 12.2 Å². The van der Waals surface area contributed by atoms with Crippen LogP contribution in [0.2, 0.25) is 0 Å². The molecule has 5 N–H and O–H groups in total. The number of aliphatic hydroxyl groups excluding tert-OH is 2. The predicted octanol–water partition coefficient (Wildman–Crippen LogP) is -0.987. The van der Waals surface area contributed by atoms with E-state index in [0.717, 1.165) is 12.1 Å². The molecule has 2 aromatic heterocycles. The zero-order valence-electron chi connectivity index (χ0n) is 9.90. The van der Waals surface area contributed by atoms with Crippen LogP contribution in [0, 0.1) is 0 Å². The summed E-state index contributed by atoms with van der Waals surface area (Å²) < 4.78 is 1.68. The summed E-state index contributed by atoms with van der Waals surface area (Å²) in [5.74, 6) is 0.514. The second-order valence-electron chi connectivity index (χ2n) is 4.11. The molecule has 18 heavy (non-hydrogen) atoms. The van der Waals surface area contributed by atoms with Crippen LogP contribution in [0.5, 0.6) is 0 Å². The number of aromatic nitrogens is 3. The fraction of sp³-hybridized carbons (Fsp3) is 0.455. The minimum atomic E-state index is -0.552. The van der Waals surface area contributed by atoms with Crippen LogP contribution in [0.15, 0.2) is 24.7 Å². The highest BCUT2D eigenvalue weighted by atomic mass is 16.3. The minimum Gasteiger partial charge on any atom is -0.390 e. The Morgan fingerprint density at radius 1 is 1.39 bits per heavy atom. The molecule has 0 spiro atoms. The quantitative estimate of drug-likeness (QED) is 0.479. The molecular weight excluding hydrogens is 234 g/mol. The number of nitrogens with zero attached hydrogens (tertiary/aromatic N) is 3. The zero-order valence-corrected chi connectivity index (χ0v) is 9.90. The van der Waals surface area contributed by atoms with Gasteiger partial charge in [-0.15, -0.1) is 0 Å². The first-order valence-electron chi connectivity index (χ1n) is 5.79. The van der Waals surface area contributed by atoms with Gasteiger partial charge < -0.3 is 21.3 Å². The van der Waals surface area contributed by atoms with Gasteiger partial charge in [-0.05, 0) is 25.1 Å². The number of piperidine rings is 1. The van der Waals surface area contributed by atoms with Crippen molar-refractivity contribution in [1.29, 1.82) is 0 Å². The summed E-state index contributed by atoms with van der Waals surface area (Å²) in [5.41, 5.74) is 6.38. The Bertz CT molecular complexity index is 491. The van der Waals surface area contributed by atoms with Crippen LogP contribution in [0.1, 0.15) is 6.42 Å². The van der Waals surface area contributed by atoms with E-state index in [9.17, 15) is 0 Å². The van der Waals surface area contributed by atoms with Gasteiger partial charge in [0.15, 0.2) is 5.82 Å². The third-order valence-electron chi connectivity index (χ3n) is 2.78. The highest BCUT2D eigenvalue weighted by molar-refractivity contribution is 5.63. The molecule has 2 aromatic rings. The summed E-state index contributed by atoms with van der Waals surface area (Å²) in [6, 6.07) is 3.75. The number of rotatable bonds is 0. The zero-order chi connectivity index (χ0) is 13.0. The molecule has 3 heterocycles. The Morgan fingerprint density at radius 2 is 2.22 bits per heavy atom. The molecular formula is C11H17N5O2. The highest BCUT2D eigenvalue weighted by Crippen LogP contribution is 2.06. The van der Waals surface area contributed by atoms with Gasteiger partial charge in [0.2, 0.25) is 0 Å². The molecule has 3 rings (SSSR count). The van der Waals surface area contributed by atoms with Crippen molar-refractivity contribution in [3.8, 4) is 0 Å². The largest absolute Gasteiger partial charge is 0.390 e. The van der Waals surface area contributed by atoms with Gasteiger partial charge in [0.05, 0.1) is 12.2 Å². The lowest BCUT2D eigenvalue weighted by molar-refractivity contribution is 0.000433. The van der Waals surface area contributed by atoms with E-state index in [1.54, 1.807) is 4.52 Å². The molecule has 0 radical (unpaired) electrons. The fourth-order valence-corrected chi connectivity index (χ4v) is 1.71. The van der Waals surface area contributed by atoms with Crippen LogP contribution >= 0.6 is 0 Å². The smallest absolute Gasteiger partial charge is 0.151 e. The second-order valence-corrected chi connectivity index (χ2v) is 4.11. The fourth-order valence-electron chi connectivity index (χ4n) is 1.71. The molecule has 0 aromatic carbocycles. The predicted molar refractivity (Wildman–Crippen MR) is 66.9 cm³/mol. The first kappa shape index (κ1) is 12.7. The summed E-state index contributed by atoms with van der Waals surface area (Å²) >= 11 is 0. The minimum absolute atomic E-state index is 0.503. The van der Waals surface area contributed by atoms with E-state index >= 15 is 0 Å². The summed E-state index contributed by atoms with van der Waals surface area (Å²) in [6.45, 7) is 1.35. The van der Waals surface area contributed by atoms with Crippen molar-refractivity contribution >= 4 is 11.3 Å². The van der Waals surface area contributed by atoms with Crippen molar-refractivity contribution in [2.24, 2.45) is 0 Å². The Balaban J connectivity index is 0.000000138. The summed E-state index contributed by atoms with van der Waals surface area (Å²) in [7, 11) is 0. The molecule has 98 valence electrons. The summed E-state index contributed by atoms with van der Waals surface area (Å²) in [6.07, 6.45) is 2.87. The van der Waals surface area contributed by atoms with Crippen LogP contribution in [0.3, 0.4) is 0 Å². The van der Waals surface area contributed by atoms with Crippen LogP contribution in [0.25, 0.3) is 5.52 Å². The lowest BCUT2D eigenvalue weighted by Crippen LogP contribution is -2.43. The van der Waals surface area contributed by atoms with Crippen LogP contribution in [-0.4, -0.2) is 50.1 Å². The third kappa shape index (κ3) is 2.95. The molecule has 1 saturated heterocycles. The normalized spacial score (nSPS) is 23.4. The third-order valence-corrected chi connectivity index (χ3v) is 2.78. The van der Waals surface area contributed by atoms with Crippen LogP contribution < -0.4 is 11.1 Å². The number of nitrogens with one attached hydrogen (secondary N) is 1. The Morgan fingerprint density at radius 3 is 2.83 bits per heavy atom. The van der Waals surface area contributed by atoms with Crippen molar-refractivity contribution in [3.63, 3.8) is 0 Å². The standard InChI is InChI=1S/C6H6N4.C5H11NO2/c7-6-5-2-1-3-10(5)9-4-8-6;7-4-1-2-6-3-5(4)8/h1-4H,(H2,7,8,9);4-8H,1-3H2. The molecule has 1 aliphatic rings. The van der Waals surface area contributed by atoms with Crippen molar-refractivity contribution in [2.75, 3.05) is 18.8 Å². The number of nitrogen functional groups attached to an aromatic ring is 1. The number of fused-ring (bicyclic) bond motifs is 1. The number of nitrogens with two attached hydrogens (primary N) is 1. The summed E-state index contributed by atoms with van der Waals surface area (Å²) in [4.78, 5) is 3.83. The number of anilines is 1. The Kier molecular flexibility index (Phi) is 4.08. The second kappa shape index (κ2) is 5.76. The maximum Gasteiger partial charge on any atom is 0.151 e. The van der Waals surface area contributed by atoms with Gasteiger partial charge in [-0.1, -0.05) is 0 Å². The number of aliphatic hydroxyl groups is 2. The van der Waals surface area contributed by atoms with Gasteiger partial charge in [0.1, 0.15) is 11.8 Å². The number of hydrogen-bond acceptors (Lipinski definition) is 6. The van der Waals surface area contributed by atoms with E-state index in [2.05, 4.69) is 15.4 Å². The molecule has 0 amide bonds. The molecule has 0 aliphatic carbocycles. The van der Waals surface area contributed by atoms with Crippen molar-refractivity contribution < 1.29 is 10.2 Å². The molecule has 1 aliphatic heterocycles. The highest BCUT2D eigenvalue weighted by Gasteiger charge is 2.18. The van der Waals surface area contributed by atoms with Crippen molar-refractivity contribution in [2.45, 2.75) is 18.6 Å². The van der Waals surface area contributed by atoms with E-state index in [1.165, 1.54) is 6.33 Å². The van der Waals surface area contributed by atoms with Gasteiger partial charge >= 0.3 is 0 Å². The van der Waals surface area contributed by atoms with E-state index in [-0.39, 0.29) is 0 Å². The van der Waals surface area contributed by atoms with Gasteiger partial charge in [-0.3, -0.25) is 0 Å². The topological polar surface area (TPSA) is 109 Å². The van der Waals surface area contributed by atoms with E-state index in [1.807, 2.05) is 18.3 Å². The Hall–Kier alpha value is -1.70. The maximum absolute atomic E-state index is 8.89. The Labute approximate surface area is 104 Å². The molecule has 2 unspecified atom stereocenters. The lowest BCUT2D eigenvalue weighted by Gasteiger charge is -2.23. The number of β-amino-alcohol motifs (C(OH)–C–C–N with tert-alkyl or cyclic N) is 1. The SMILES string of the molecule is Nc1ncnn2cccc12.OC1CCNCC1O. The van der Waals surface area contributed by atoms with Crippen LogP contribution in [-0.2, 0) is 0 Å². The van der Waals surface area contributed by atoms with Gasteiger partial charge in [-0.25, -0.2) is 9.50 Å². The molecule has 7 nitrogen and oxygen atoms in total. The van der Waals surface area contributed by atoms with Gasteiger partial charge in [0.25, 0.3) is 0 Å². The first-order chi connectivity index (χ1) is 8.68. The lowest BCUT2D eigenvalue weighted by atomic mass is 10.1. The molecule has 0 saturated carbocycles. The number of hydrogen-bond donors (Lipinski definition) is 4. The summed E-state index contributed by atoms with van der Waals surface area (Å²) in [5, 5.41) is 24.6. The molecule has 7 heteroatoms. The van der Waals surface area contributed by atoms with Crippen molar-refractivity contribution in [1.82, 2.24) is 19.9 Å². The van der Waals surface area contributed by atoms with E-state index in [4.69, 9.17) is 15.9 Å². The molecule has 0 bridgehead atoms. The first-order valence-corrected chi connectivity index (χ1v) is 5.79.